The number of ether oxygens (including phenoxy) is 1. The summed E-state index contributed by atoms with van der Waals surface area (Å²) < 4.78 is 5.35. The van der Waals surface area contributed by atoms with Crippen LogP contribution < -0.4 is 4.74 Å². The maximum Gasteiger partial charge on any atom is 0.213 e. The van der Waals surface area contributed by atoms with Gasteiger partial charge in [-0.2, -0.15) is 0 Å². The second-order valence-electron chi connectivity index (χ2n) is 3.96. The summed E-state index contributed by atoms with van der Waals surface area (Å²) in [6.07, 6.45) is 2.68. The van der Waals surface area contributed by atoms with Crippen molar-refractivity contribution in [1.82, 2.24) is 4.98 Å². The van der Waals surface area contributed by atoms with Crippen molar-refractivity contribution < 1.29 is 9.84 Å². The highest BCUT2D eigenvalue weighted by atomic mass is 16.5. The van der Waals surface area contributed by atoms with Crippen LogP contribution in [-0.4, -0.2) is 22.3 Å². The van der Waals surface area contributed by atoms with E-state index in [1.165, 1.54) is 5.56 Å². The Morgan fingerprint density at radius 3 is 2.79 bits per heavy atom. The number of pyridine rings is 1. The van der Waals surface area contributed by atoms with Gasteiger partial charge in [-0.15, -0.1) is 0 Å². The molecular formula is C11H17NO2. The molecule has 1 rings (SSSR count). The molecule has 0 aliphatic heterocycles. The molecule has 1 aromatic heterocycles. The summed E-state index contributed by atoms with van der Waals surface area (Å²) in [5.74, 6) is 0.575. The third kappa shape index (κ3) is 3.75. The number of nitrogens with zero attached hydrogens (tertiary/aromatic N) is 1. The maximum atomic E-state index is 9.45. The van der Waals surface area contributed by atoms with E-state index >= 15 is 0 Å². The predicted molar refractivity (Wildman–Crippen MR) is 55.4 cm³/mol. The molecule has 0 saturated carbocycles. The molecule has 0 spiro atoms. The van der Waals surface area contributed by atoms with Crippen molar-refractivity contribution in [2.24, 2.45) is 0 Å². The van der Waals surface area contributed by atoms with Crippen LogP contribution in [0.1, 0.15) is 26.3 Å². The van der Waals surface area contributed by atoms with E-state index in [2.05, 4.69) is 11.9 Å². The lowest BCUT2D eigenvalue weighted by molar-refractivity contribution is 0.0268. The van der Waals surface area contributed by atoms with Crippen molar-refractivity contribution in [3.8, 4) is 5.88 Å². The summed E-state index contributed by atoms with van der Waals surface area (Å²) in [6, 6.07) is 3.85. The van der Waals surface area contributed by atoms with Crippen LogP contribution in [0.15, 0.2) is 18.3 Å². The highest BCUT2D eigenvalue weighted by Gasteiger charge is 2.13. The van der Waals surface area contributed by atoms with Crippen molar-refractivity contribution in [2.45, 2.75) is 32.8 Å². The molecule has 3 nitrogen and oxygen atoms in total. The minimum atomic E-state index is -0.816. The lowest BCUT2D eigenvalue weighted by Gasteiger charge is -2.17. The monoisotopic (exact) mass is 195 g/mol. The molecule has 0 aliphatic carbocycles. The standard InChI is InChI=1S/C11H17NO2/c1-4-9-5-6-12-10(7-9)14-8-11(2,3)13/h5-7,13H,4,8H2,1-3H3. The fourth-order valence-corrected chi connectivity index (χ4v) is 1.000. The van der Waals surface area contributed by atoms with Gasteiger partial charge in [0.1, 0.15) is 6.61 Å². The highest BCUT2D eigenvalue weighted by Crippen LogP contribution is 2.11. The maximum absolute atomic E-state index is 9.45. The first-order valence-corrected chi connectivity index (χ1v) is 4.81. The second kappa shape index (κ2) is 4.42. The highest BCUT2D eigenvalue weighted by molar-refractivity contribution is 5.20. The predicted octanol–water partition coefficient (Wildman–Crippen LogP) is 1.79. The smallest absolute Gasteiger partial charge is 0.213 e. The van der Waals surface area contributed by atoms with Crippen molar-refractivity contribution in [3.63, 3.8) is 0 Å². The minimum Gasteiger partial charge on any atom is -0.475 e. The van der Waals surface area contributed by atoms with E-state index < -0.39 is 5.60 Å². The lowest BCUT2D eigenvalue weighted by atomic mass is 10.2. The molecular weight excluding hydrogens is 178 g/mol. The number of aromatic nitrogens is 1. The number of aliphatic hydroxyl groups is 1. The van der Waals surface area contributed by atoms with Crippen LogP contribution in [0.25, 0.3) is 0 Å². The van der Waals surface area contributed by atoms with Gasteiger partial charge in [-0.3, -0.25) is 0 Å². The first kappa shape index (κ1) is 11.0. The molecule has 1 N–H and O–H groups in total. The Morgan fingerprint density at radius 1 is 1.50 bits per heavy atom. The molecule has 1 aromatic rings. The second-order valence-corrected chi connectivity index (χ2v) is 3.96. The van der Waals surface area contributed by atoms with Gasteiger partial charge < -0.3 is 9.84 Å². The number of hydrogen-bond donors (Lipinski definition) is 1. The van der Waals surface area contributed by atoms with Gasteiger partial charge in [-0.1, -0.05) is 6.92 Å². The van der Waals surface area contributed by atoms with Gasteiger partial charge in [-0.05, 0) is 31.9 Å². The van der Waals surface area contributed by atoms with Crippen molar-refractivity contribution >= 4 is 0 Å². The minimum absolute atomic E-state index is 0.257. The van der Waals surface area contributed by atoms with E-state index in [-0.39, 0.29) is 6.61 Å². The van der Waals surface area contributed by atoms with Crippen LogP contribution >= 0.6 is 0 Å². The summed E-state index contributed by atoms with van der Waals surface area (Å²) in [7, 11) is 0. The van der Waals surface area contributed by atoms with Crippen molar-refractivity contribution in [3.05, 3.63) is 23.9 Å². The molecule has 0 bridgehead atoms. The van der Waals surface area contributed by atoms with Crippen LogP contribution in [0.4, 0.5) is 0 Å². The summed E-state index contributed by atoms with van der Waals surface area (Å²) in [4.78, 5) is 4.06. The average molecular weight is 195 g/mol. The summed E-state index contributed by atoms with van der Waals surface area (Å²) in [5, 5.41) is 9.45. The fourth-order valence-electron chi connectivity index (χ4n) is 1.000. The molecule has 0 unspecified atom stereocenters. The van der Waals surface area contributed by atoms with E-state index in [4.69, 9.17) is 4.74 Å². The molecule has 0 atom stereocenters. The van der Waals surface area contributed by atoms with Gasteiger partial charge in [0, 0.05) is 12.3 Å². The van der Waals surface area contributed by atoms with E-state index in [1.54, 1.807) is 20.0 Å². The largest absolute Gasteiger partial charge is 0.475 e. The van der Waals surface area contributed by atoms with Gasteiger partial charge in [0.15, 0.2) is 0 Å². The molecule has 0 saturated heterocycles. The molecule has 0 aliphatic rings. The van der Waals surface area contributed by atoms with Gasteiger partial charge >= 0.3 is 0 Å². The molecule has 0 amide bonds. The van der Waals surface area contributed by atoms with Crippen LogP contribution in [-0.2, 0) is 6.42 Å². The Labute approximate surface area is 84.7 Å². The Morgan fingerprint density at radius 2 is 2.21 bits per heavy atom. The Bertz CT molecular complexity index is 292. The van der Waals surface area contributed by atoms with E-state index in [0.717, 1.165) is 6.42 Å². The molecule has 0 radical (unpaired) electrons. The molecule has 14 heavy (non-hydrogen) atoms. The number of aryl methyl sites for hydroxylation is 1. The summed E-state index contributed by atoms with van der Waals surface area (Å²) >= 11 is 0. The van der Waals surface area contributed by atoms with Gasteiger partial charge in [0.2, 0.25) is 5.88 Å². The molecule has 0 fully saturated rings. The SMILES string of the molecule is CCc1ccnc(OCC(C)(C)O)c1. The van der Waals surface area contributed by atoms with Crippen LogP contribution in [0, 0.1) is 0 Å². The average Bonchev–Trinajstić information content (AvgIpc) is 2.14. The van der Waals surface area contributed by atoms with Crippen LogP contribution in [0.3, 0.4) is 0 Å². The molecule has 3 heteroatoms. The lowest BCUT2D eigenvalue weighted by Crippen LogP contribution is -2.28. The zero-order valence-corrected chi connectivity index (χ0v) is 8.95. The van der Waals surface area contributed by atoms with Crippen molar-refractivity contribution in [2.75, 3.05) is 6.61 Å². The summed E-state index contributed by atoms with van der Waals surface area (Å²) in [6.45, 7) is 5.75. The Balaban J connectivity index is 2.59. The van der Waals surface area contributed by atoms with Gasteiger partial charge in [0.05, 0.1) is 5.60 Å². The normalized spacial score (nSPS) is 11.4. The third-order valence-electron chi connectivity index (χ3n) is 1.78. The summed E-state index contributed by atoms with van der Waals surface area (Å²) in [5.41, 5.74) is 0.370. The molecule has 78 valence electrons. The molecule has 1 heterocycles. The van der Waals surface area contributed by atoms with Gasteiger partial charge in [0.25, 0.3) is 0 Å². The topological polar surface area (TPSA) is 42.4 Å². The Hall–Kier alpha value is -1.09. The van der Waals surface area contributed by atoms with E-state index in [9.17, 15) is 5.11 Å². The van der Waals surface area contributed by atoms with Crippen LogP contribution in [0.5, 0.6) is 5.88 Å². The Kier molecular flexibility index (Phi) is 3.47. The van der Waals surface area contributed by atoms with Gasteiger partial charge in [-0.25, -0.2) is 4.98 Å². The van der Waals surface area contributed by atoms with Crippen LogP contribution in [0.2, 0.25) is 0 Å². The first-order chi connectivity index (χ1) is 6.51. The third-order valence-corrected chi connectivity index (χ3v) is 1.78. The number of rotatable bonds is 4. The van der Waals surface area contributed by atoms with E-state index in [1.807, 2.05) is 12.1 Å². The van der Waals surface area contributed by atoms with Crippen molar-refractivity contribution in [1.29, 1.82) is 0 Å². The fraction of sp³-hybridized carbons (Fsp3) is 0.545. The van der Waals surface area contributed by atoms with E-state index in [0.29, 0.717) is 5.88 Å². The quantitative estimate of drug-likeness (QED) is 0.796. The number of hydrogen-bond acceptors (Lipinski definition) is 3. The zero-order valence-electron chi connectivity index (χ0n) is 8.95. The first-order valence-electron chi connectivity index (χ1n) is 4.81. The zero-order chi connectivity index (χ0) is 10.6. The molecule has 0 aromatic carbocycles.